The van der Waals surface area contributed by atoms with Gasteiger partial charge in [0, 0.05) is 11.4 Å². The maximum atomic E-state index is 12.8. The number of benzene rings is 2. The molecule has 0 aliphatic carbocycles. The van der Waals surface area contributed by atoms with Crippen LogP contribution >= 0.6 is 0 Å². The van der Waals surface area contributed by atoms with Gasteiger partial charge in [-0.15, -0.1) is 0 Å². The van der Waals surface area contributed by atoms with E-state index < -0.39 is 6.04 Å². The van der Waals surface area contributed by atoms with E-state index in [2.05, 4.69) is 42.7 Å². The van der Waals surface area contributed by atoms with Gasteiger partial charge < -0.3 is 10.6 Å². The van der Waals surface area contributed by atoms with Gasteiger partial charge in [0.25, 0.3) is 0 Å². The molecule has 2 aromatic rings. The van der Waals surface area contributed by atoms with Crippen LogP contribution in [0.4, 0.5) is 11.4 Å². The molecule has 2 rings (SSSR count). The molecule has 0 aliphatic rings. The number of hydrogen-bond donors (Lipinski definition) is 2. The van der Waals surface area contributed by atoms with Gasteiger partial charge in [-0.25, -0.2) is 0 Å². The molecule has 2 atom stereocenters. The first-order valence-corrected chi connectivity index (χ1v) is 10.6. The summed E-state index contributed by atoms with van der Waals surface area (Å²) in [5.41, 5.74) is 6.06. The summed E-state index contributed by atoms with van der Waals surface area (Å²) < 4.78 is 0. The molecule has 0 heterocycles. The van der Waals surface area contributed by atoms with Crippen molar-refractivity contribution >= 4 is 23.2 Å². The van der Waals surface area contributed by atoms with Crippen molar-refractivity contribution in [3.05, 3.63) is 58.7 Å². The Morgan fingerprint density at radius 3 is 2.20 bits per heavy atom. The molecular weight excluding hydrogens is 374 g/mol. The molecule has 0 radical (unpaired) electrons. The highest BCUT2D eigenvalue weighted by Crippen LogP contribution is 2.27. The zero-order chi connectivity index (χ0) is 22.4. The van der Waals surface area contributed by atoms with Crippen molar-refractivity contribution in [2.24, 2.45) is 0 Å². The highest BCUT2D eigenvalue weighted by atomic mass is 16.2. The van der Waals surface area contributed by atoms with E-state index >= 15 is 0 Å². The Labute approximate surface area is 180 Å². The molecule has 2 aromatic carbocycles. The van der Waals surface area contributed by atoms with Crippen LogP contribution in [0.1, 0.15) is 55.4 Å². The third-order valence-corrected chi connectivity index (χ3v) is 5.74. The lowest BCUT2D eigenvalue weighted by Crippen LogP contribution is -2.43. The summed E-state index contributed by atoms with van der Waals surface area (Å²) in [5.74, 6) is 0.109. The number of rotatable bonds is 8. The van der Waals surface area contributed by atoms with Crippen LogP contribution < -0.4 is 10.6 Å². The van der Waals surface area contributed by atoms with E-state index in [1.165, 1.54) is 5.56 Å². The standard InChI is InChI=1S/C25H35N3O2/c1-8-17(3)21-11-9-10-12-22(21)26-25(30)20(6)28(7)15-23(29)27-24-18(4)13-16(2)14-19(24)5/h9-14,17,20H,8,15H2,1-7H3,(H,26,30)(H,27,29)/t17-,20-/m0/s1. The number of nitrogens with one attached hydrogen (secondary N) is 2. The smallest absolute Gasteiger partial charge is 0.241 e. The van der Waals surface area contributed by atoms with Crippen molar-refractivity contribution < 1.29 is 9.59 Å². The van der Waals surface area contributed by atoms with Crippen molar-refractivity contribution in [3.8, 4) is 0 Å². The number of carbonyl (C=O) groups is 2. The van der Waals surface area contributed by atoms with Crippen LogP contribution in [0.25, 0.3) is 0 Å². The molecule has 2 N–H and O–H groups in total. The van der Waals surface area contributed by atoms with Gasteiger partial charge in [-0.05, 0) is 69.8 Å². The Kier molecular flexibility index (Phi) is 8.18. The second-order valence-corrected chi connectivity index (χ2v) is 8.30. The SMILES string of the molecule is CC[C@H](C)c1ccccc1NC(=O)[C@H](C)N(C)CC(=O)Nc1c(C)cc(C)cc1C. The summed E-state index contributed by atoms with van der Waals surface area (Å²) in [6.07, 6.45) is 1.00. The molecule has 5 heteroatoms. The predicted octanol–water partition coefficient (Wildman–Crippen LogP) is 5.02. The summed E-state index contributed by atoms with van der Waals surface area (Å²) in [4.78, 5) is 27.2. The number of carbonyl (C=O) groups excluding carboxylic acids is 2. The lowest BCUT2D eigenvalue weighted by atomic mass is 9.97. The number of anilines is 2. The summed E-state index contributed by atoms with van der Waals surface area (Å²) in [5, 5.41) is 6.04. The van der Waals surface area contributed by atoms with Crippen LogP contribution in [0.3, 0.4) is 0 Å². The molecule has 0 saturated carbocycles. The van der Waals surface area contributed by atoms with Gasteiger partial charge in [0.2, 0.25) is 11.8 Å². The van der Waals surface area contributed by atoms with Gasteiger partial charge >= 0.3 is 0 Å². The zero-order valence-corrected chi connectivity index (χ0v) is 19.3. The van der Waals surface area contributed by atoms with E-state index in [4.69, 9.17) is 0 Å². The van der Waals surface area contributed by atoms with Crippen LogP contribution in [0, 0.1) is 20.8 Å². The molecule has 2 amide bonds. The molecule has 0 aliphatic heterocycles. The minimum Gasteiger partial charge on any atom is -0.324 e. The van der Waals surface area contributed by atoms with E-state index in [1.54, 1.807) is 11.9 Å². The first-order chi connectivity index (χ1) is 14.1. The van der Waals surface area contributed by atoms with E-state index in [9.17, 15) is 9.59 Å². The Morgan fingerprint density at radius 1 is 1.00 bits per heavy atom. The maximum Gasteiger partial charge on any atom is 0.241 e. The molecule has 0 unspecified atom stereocenters. The summed E-state index contributed by atoms with van der Waals surface area (Å²) in [6.45, 7) is 12.3. The highest BCUT2D eigenvalue weighted by Gasteiger charge is 2.22. The number of nitrogens with zero attached hydrogens (tertiary/aromatic N) is 1. The first kappa shape index (κ1) is 23.6. The molecule has 0 fully saturated rings. The van der Waals surface area contributed by atoms with Crippen molar-refractivity contribution in [1.29, 1.82) is 0 Å². The van der Waals surface area contributed by atoms with Gasteiger partial charge in [-0.2, -0.15) is 0 Å². The van der Waals surface area contributed by atoms with Gasteiger partial charge in [0.05, 0.1) is 12.6 Å². The highest BCUT2D eigenvalue weighted by molar-refractivity contribution is 5.97. The number of hydrogen-bond acceptors (Lipinski definition) is 3. The van der Waals surface area contributed by atoms with E-state index in [1.807, 2.05) is 45.9 Å². The quantitative estimate of drug-likeness (QED) is 0.643. The van der Waals surface area contributed by atoms with Crippen LogP contribution in [0.5, 0.6) is 0 Å². The molecule has 0 aromatic heterocycles. The fraction of sp³-hybridized carbons (Fsp3) is 0.440. The number of aryl methyl sites for hydroxylation is 3. The average Bonchev–Trinajstić information content (AvgIpc) is 2.69. The minimum atomic E-state index is -0.444. The van der Waals surface area contributed by atoms with Crippen LogP contribution in [-0.4, -0.2) is 36.3 Å². The Hall–Kier alpha value is -2.66. The van der Waals surface area contributed by atoms with Gasteiger partial charge in [0.15, 0.2) is 0 Å². The number of amides is 2. The van der Waals surface area contributed by atoms with Crippen LogP contribution in [0.15, 0.2) is 36.4 Å². The normalized spacial score (nSPS) is 13.1. The monoisotopic (exact) mass is 409 g/mol. The van der Waals surface area contributed by atoms with Crippen molar-refractivity contribution in [1.82, 2.24) is 4.90 Å². The summed E-state index contributed by atoms with van der Waals surface area (Å²) >= 11 is 0. The van der Waals surface area contributed by atoms with Crippen molar-refractivity contribution in [3.63, 3.8) is 0 Å². The minimum absolute atomic E-state index is 0.122. The average molecular weight is 410 g/mol. The van der Waals surface area contributed by atoms with Crippen molar-refractivity contribution in [2.45, 2.75) is 59.9 Å². The van der Waals surface area contributed by atoms with E-state index in [0.29, 0.717) is 5.92 Å². The molecule has 5 nitrogen and oxygen atoms in total. The molecule has 0 saturated heterocycles. The van der Waals surface area contributed by atoms with Gasteiger partial charge in [-0.1, -0.05) is 49.7 Å². The van der Waals surface area contributed by atoms with E-state index in [-0.39, 0.29) is 18.4 Å². The van der Waals surface area contributed by atoms with Gasteiger partial charge in [0.1, 0.15) is 0 Å². The lowest BCUT2D eigenvalue weighted by molar-refractivity contribution is -0.122. The lowest BCUT2D eigenvalue weighted by Gasteiger charge is -2.25. The second kappa shape index (κ2) is 10.4. The second-order valence-electron chi connectivity index (χ2n) is 8.30. The van der Waals surface area contributed by atoms with Crippen LogP contribution in [0.2, 0.25) is 0 Å². The molecule has 30 heavy (non-hydrogen) atoms. The van der Waals surface area contributed by atoms with Crippen LogP contribution in [-0.2, 0) is 9.59 Å². The first-order valence-electron chi connectivity index (χ1n) is 10.6. The zero-order valence-electron chi connectivity index (χ0n) is 19.3. The Balaban J connectivity index is 2.01. The molecule has 0 spiro atoms. The molecule has 0 bridgehead atoms. The Bertz CT molecular complexity index is 884. The fourth-order valence-electron chi connectivity index (χ4n) is 3.62. The summed E-state index contributed by atoms with van der Waals surface area (Å²) in [7, 11) is 1.79. The fourth-order valence-corrected chi connectivity index (χ4v) is 3.62. The van der Waals surface area contributed by atoms with E-state index in [0.717, 1.165) is 34.5 Å². The molecule has 162 valence electrons. The third-order valence-electron chi connectivity index (χ3n) is 5.74. The summed E-state index contributed by atoms with van der Waals surface area (Å²) in [6, 6.07) is 11.6. The van der Waals surface area contributed by atoms with Gasteiger partial charge in [-0.3, -0.25) is 14.5 Å². The topological polar surface area (TPSA) is 61.4 Å². The van der Waals surface area contributed by atoms with Crippen molar-refractivity contribution in [2.75, 3.05) is 24.2 Å². The number of para-hydroxylation sites is 1. The number of likely N-dealkylation sites (N-methyl/N-ethyl adjacent to an activating group) is 1. The Morgan fingerprint density at radius 2 is 1.60 bits per heavy atom. The largest absolute Gasteiger partial charge is 0.324 e. The molecular formula is C25H35N3O2. The predicted molar refractivity (Wildman–Crippen MR) is 125 cm³/mol. The third kappa shape index (κ3) is 5.92. The maximum absolute atomic E-state index is 12.8.